The molecule has 140 valence electrons. The van der Waals surface area contributed by atoms with E-state index in [2.05, 4.69) is 4.98 Å². The standard InChI is InChI=1S/C19H19N3O4S/c23-16-4-1-6-22-17(16)20-9-15(19(22)25)18(24)21(10-13-5-8-27-12-13)11-14-3-2-7-26-14/h1,4-6,8-9,12,14,23H,2-3,7,10-11H2/t14-/m0/s1. The molecule has 1 fully saturated rings. The molecule has 3 aromatic heterocycles. The summed E-state index contributed by atoms with van der Waals surface area (Å²) in [5.74, 6) is -0.491. The van der Waals surface area contributed by atoms with Gasteiger partial charge >= 0.3 is 0 Å². The largest absolute Gasteiger partial charge is 0.504 e. The Kier molecular flexibility index (Phi) is 4.91. The fourth-order valence-corrected chi connectivity index (χ4v) is 3.92. The topological polar surface area (TPSA) is 84.1 Å². The number of aromatic hydroxyl groups is 1. The number of ether oxygens (including phenoxy) is 1. The summed E-state index contributed by atoms with van der Waals surface area (Å²) in [5.41, 5.74) is 0.621. The summed E-state index contributed by atoms with van der Waals surface area (Å²) in [4.78, 5) is 31.7. The Morgan fingerprint density at radius 3 is 3.07 bits per heavy atom. The highest BCUT2D eigenvalue weighted by Gasteiger charge is 2.26. The fraction of sp³-hybridized carbons (Fsp3) is 0.316. The molecule has 1 N–H and O–H groups in total. The van der Waals surface area contributed by atoms with E-state index < -0.39 is 5.56 Å². The summed E-state index contributed by atoms with van der Waals surface area (Å²) >= 11 is 1.56. The van der Waals surface area contributed by atoms with E-state index in [1.165, 1.54) is 28.9 Å². The SMILES string of the molecule is O=C(c1cnc2c(O)cccn2c1=O)N(Cc1ccsc1)C[C@@H]1CCCO1. The van der Waals surface area contributed by atoms with E-state index in [1.807, 2.05) is 16.8 Å². The summed E-state index contributed by atoms with van der Waals surface area (Å²) in [6.45, 7) is 1.53. The number of aromatic nitrogens is 2. The number of fused-ring (bicyclic) bond motifs is 1. The first-order valence-electron chi connectivity index (χ1n) is 8.75. The molecule has 1 saturated heterocycles. The third-order valence-corrected chi connectivity index (χ3v) is 5.36. The molecule has 0 unspecified atom stereocenters. The lowest BCUT2D eigenvalue weighted by Gasteiger charge is -2.25. The molecule has 0 aromatic carbocycles. The van der Waals surface area contributed by atoms with Gasteiger partial charge in [0.2, 0.25) is 0 Å². The zero-order valence-electron chi connectivity index (χ0n) is 14.6. The van der Waals surface area contributed by atoms with Crippen LogP contribution in [0.15, 0.2) is 46.1 Å². The monoisotopic (exact) mass is 385 g/mol. The molecule has 0 saturated carbocycles. The molecular weight excluding hydrogens is 366 g/mol. The number of amides is 1. The van der Waals surface area contributed by atoms with Crippen molar-refractivity contribution in [1.82, 2.24) is 14.3 Å². The van der Waals surface area contributed by atoms with Gasteiger partial charge in [0.25, 0.3) is 11.5 Å². The fourth-order valence-electron chi connectivity index (χ4n) is 3.27. The number of hydrogen-bond acceptors (Lipinski definition) is 6. The number of hydrogen-bond donors (Lipinski definition) is 1. The van der Waals surface area contributed by atoms with Crippen LogP contribution < -0.4 is 5.56 Å². The number of carbonyl (C=O) groups excluding carboxylic acids is 1. The van der Waals surface area contributed by atoms with E-state index in [0.29, 0.717) is 19.7 Å². The molecule has 1 aliphatic rings. The molecule has 1 aliphatic heterocycles. The van der Waals surface area contributed by atoms with Gasteiger partial charge in [-0.15, -0.1) is 0 Å². The lowest BCUT2D eigenvalue weighted by atomic mass is 10.2. The van der Waals surface area contributed by atoms with Crippen LogP contribution in [0.3, 0.4) is 0 Å². The lowest BCUT2D eigenvalue weighted by molar-refractivity contribution is 0.0505. The van der Waals surface area contributed by atoms with Crippen molar-refractivity contribution in [1.29, 1.82) is 0 Å². The predicted molar refractivity (Wildman–Crippen MR) is 101 cm³/mol. The van der Waals surface area contributed by atoms with Crippen molar-refractivity contribution in [3.05, 3.63) is 62.8 Å². The first-order chi connectivity index (χ1) is 13.1. The second-order valence-electron chi connectivity index (χ2n) is 6.52. The van der Waals surface area contributed by atoms with E-state index in [4.69, 9.17) is 4.74 Å². The maximum atomic E-state index is 13.2. The smallest absolute Gasteiger partial charge is 0.270 e. The Labute approximate surface area is 159 Å². The highest BCUT2D eigenvalue weighted by atomic mass is 32.1. The highest BCUT2D eigenvalue weighted by molar-refractivity contribution is 7.07. The number of pyridine rings is 1. The summed E-state index contributed by atoms with van der Waals surface area (Å²) in [7, 11) is 0. The van der Waals surface area contributed by atoms with Crippen LogP contribution in [-0.4, -0.2) is 44.6 Å². The van der Waals surface area contributed by atoms with Crippen LogP contribution in [0.4, 0.5) is 0 Å². The van der Waals surface area contributed by atoms with Gasteiger partial charge in [-0.1, -0.05) is 0 Å². The molecular formula is C19H19N3O4S. The Morgan fingerprint density at radius 2 is 2.33 bits per heavy atom. The van der Waals surface area contributed by atoms with Gasteiger partial charge in [-0.25, -0.2) is 4.98 Å². The van der Waals surface area contributed by atoms with Gasteiger partial charge in [-0.05, 0) is 47.4 Å². The molecule has 0 radical (unpaired) electrons. The minimum atomic E-state index is -0.497. The Bertz CT molecular complexity index is 1010. The Balaban J connectivity index is 1.68. The van der Waals surface area contributed by atoms with Crippen LogP contribution in [0.5, 0.6) is 5.75 Å². The van der Waals surface area contributed by atoms with Crippen molar-refractivity contribution in [3.63, 3.8) is 0 Å². The van der Waals surface area contributed by atoms with E-state index >= 15 is 0 Å². The molecule has 1 amide bonds. The predicted octanol–water partition coefficient (Wildman–Crippen LogP) is 2.28. The molecule has 0 bridgehead atoms. The summed E-state index contributed by atoms with van der Waals surface area (Å²) in [6.07, 6.45) is 4.59. The van der Waals surface area contributed by atoms with Crippen LogP contribution in [0.2, 0.25) is 0 Å². The van der Waals surface area contributed by atoms with Gasteiger partial charge < -0.3 is 14.7 Å². The second-order valence-corrected chi connectivity index (χ2v) is 7.30. The van der Waals surface area contributed by atoms with Gasteiger partial charge in [0, 0.05) is 32.1 Å². The number of thiophene rings is 1. The zero-order valence-corrected chi connectivity index (χ0v) is 15.4. The van der Waals surface area contributed by atoms with Crippen molar-refractivity contribution >= 4 is 22.9 Å². The lowest BCUT2D eigenvalue weighted by Crippen LogP contribution is -2.39. The second kappa shape index (κ2) is 7.50. The first kappa shape index (κ1) is 17.7. The van der Waals surface area contributed by atoms with E-state index in [-0.39, 0.29) is 29.0 Å². The van der Waals surface area contributed by atoms with Crippen molar-refractivity contribution in [2.24, 2.45) is 0 Å². The van der Waals surface area contributed by atoms with Crippen LogP contribution in [0, 0.1) is 0 Å². The van der Waals surface area contributed by atoms with Crippen molar-refractivity contribution in [2.75, 3.05) is 13.2 Å². The van der Waals surface area contributed by atoms with Gasteiger partial charge in [-0.2, -0.15) is 11.3 Å². The number of nitrogens with zero attached hydrogens (tertiary/aromatic N) is 3. The van der Waals surface area contributed by atoms with Crippen LogP contribution in [-0.2, 0) is 11.3 Å². The molecule has 1 atom stereocenters. The molecule has 3 aromatic rings. The van der Waals surface area contributed by atoms with Crippen molar-refractivity contribution < 1.29 is 14.6 Å². The van der Waals surface area contributed by atoms with Crippen LogP contribution in [0.25, 0.3) is 5.65 Å². The minimum absolute atomic E-state index is 0.0206. The average Bonchev–Trinajstić information content (AvgIpc) is 3.36. The molecule has 7 nitrogen and oxygen atoms in total. The van der Waals surface area contributed by atoms with Crippen LogP contribution in [0.1, 0.15) is 28.8 Å². The van der Waals surface area contributed by atoms with Crippen molar-refractivity contribution in [3.8, 4) is 5.75 Å². The van der Waals surface area contributed by atoms with Crippen molar-refractivity contribution in [2.45, 2.75) is 25.5 Å². The first-order valence-corrected chi connectivity index (χ1v) is 9.69. The molecule has 0 aliphatic carbocycles. The third kappa shape index (κ3) is 3.58. The average molecular weight is 385 g/mol. The van der Waals surface area contributed by atoms with Gasteiger partial charge in [0.05, 0.1) is 6.10 Å². The number of carbonyl (C=O) groups is 1. The Hall–Kier alpha value is -2.71. The molecule has 27 heavy (non-hydrogen) atoms. The summed E-state index contributed by atoms with van der Waals surface area (Å²) in [5, 5.41) is 13.8. The van der Waals surface area contributed by atoms with Gasteiger partial charge in [0.1, 0.15) is 5.56 Å². The van der Waals surface area contributed by atoms with Gasteiger partial charge in [0.15, 0.2) is 11.4 Å². The third-order valence-electron chi connectivity index (χ3n) is 4.63. The molecule has 4 rings (SSSR count). The van der Waals surface area contributed by atoms with Gasteiger partial charge in [-0.3, -0.25) is 14.0 Å². The Morgan fingerprint density at radius 1 is 1.44 bits per heavy atom. The maximum Gasteiger partial charge on any atom is 0.270 e. The molecule has 8 heteroatoms. The quantitative estimate of drug-likeness (QED) is 0.728. The van der Waals surface area contributed by atoms with E-state index in [9.17, 15) is 14.7 Å². The van der Waals surface area contributed by atoms with E-state index in [0.717, 1.165) is 18.4 Å². The van der Waals surface area contributed by atoms with E-state index in [1.54, 1.807) is 16.2 Å². The maximum absolute atomic E-state index is 13.2. The number of rotatable bonds is 5. The minimum Gasteiger partial charge on any atom is -0.504 e. The summed E-state index contributed by atoms with van der Waals surface area (Å²) in [6, 6.07) is 4.95. The highest BCUT2D eigenvalue weighted by Crippen LogP contribution is 2.18. The molecule has 4 heterocycles. The normalized spacial score (nSPS) is 16.7. The zero-order chi connectivity index (χ0) is 18.8. The van der Waals surface area contributed by atoms with Crippen LogP contribution >= 0.6 is 11.3 Å². The molecule has 0 spiro atoms. The summed E-state index contributed by atoms with van der Waals surface area (Å²) < 4.78 is 6.87.